The Balaban J connectivity index is 2.00. The monoisotopic (exact) mass is 181 g/mol. The summed E-state index contributed by atoms with van der Waals surface area (Å²) in [5.41, 5.74) is 5.47. The van der Waals surface area contributed by atoms with Crippen LogP contribution in [0.1, 0.15) is 6.42 Å². The van der Waals surface area contributed by atoms with E-state index in [1.165, 1.54) is 6.33 Å². The summed E-state index contributed by atoms with van der Waals surface area (Å²) in [6.07, 6.45) is 2.40. The molecule has 0 spiro atoms. The van der Waals surface area contributed by atoms with Crippen LogP contribution in [-0.2, 0) is 4.74 Å². The van der Waals surface area contributed by atoms with Crippen molar-refractivity contribution in [3.8, 4) is 5.88 Å². The van der Waals surface area contributed by atoms with Crippen molar-refractivity contribution in [3.05, 3.63) is 12.4 Å². The van der Waals surface area contributed by atoms with Crippen LogP contribution in [0.15, 0.2) is 12.4 Å². The third-order valence-corrected chi connectivity index (χ3v) is 1.84. The van der Waals surface area contributed by atoms with Gasteiger partial charge in [0.1, 0.15) is 18.2 Å². The molecule has 1 aliphatic heterocycles. The van der Waals surface area contributed by atoms with Crippen LogP contribution in [-0.4, -0.2) is 29.3 Å². The van der Waals surface area contributed by atoms with Gasteiger partial charge in [0.05, 0.1) is 13.2 Å². The predicted octanol–water partition coefficient (Wildman–Crippen LogP) is 0.226. The molecule has 0 aromatic carbocycles. The van der Waals surface area contributed by atoms with E-state index < -0.39 is 0 Å². The summed E-state index contributed by atoms with van der Waals surface area (Å²) in [6.45, 7) is 1.38. The molecule has 5 heteroatoms. The Bertz CT molecular complexity index is 286. The molecule has 1 aromatic rings. The average molecular weight is 181 g/mol. The van der Waals surface area contributed by atoms with Gasteiger partial charge in [0.2, 0.25) is 5.88 Å². The van der Waals surface area contributed by atoms with Crippen molar-refractivity contribution in [1.29, 1.82) is 0 Å². The number of hydrogen-bond acceptors (Lipinski definition) is 5. The highest BCUT2D eigenvalue weighted by Gasteiger charge is 2.17. The predicted molar refractivity (Wildman–Crippen MR) is 46.3 cm³/mol. The molecule has 2 N–H and O–H groups in total. The van der Waals surface area contributed by atoms with Crippen LogP contribution in [0.2, 0.25) is 0 Å². The van der Waals surface area contributed by atoms with Crippen LogP contribution >= 0.6 is 0 Å². The molecule has 0 unspecified atom stereocenters. The zero-order valence-electron chi connectivity index (χ0n) is 7.14. The fraction of sp³-hybridized carbons (Fsp3) is 0.500. The van der Waals surface area contributed by atoms with E-state index in [4.69, 9.17) is 15.2 Å². The molecule has 0 saturated carbocycles. The third kappa shape index (κ3) is 2.06. The third-order valence-electron chi connectivity index (χ3n) is 1.84. The molecule has 70 valence electrons. The minimum Gasteiger partial charge on any atom is -0.472 e. The van der Waals surface area contributed by atoms with Crippen molar-refractivity contribution in [3.63, 3.8) is 0 Å². The first-order valence-electron chi connectivity index (χ1n) is 4.16. The number of aromatic nitrogens is 2. The van der Waals surface area contributed by atoms with Crippen molar-refractivity contribution in [2.45, 2.75) is 12.5 Å². The van der Waals surface area contributed by atoms with E-state index in [0.29, 0.717) is 18.3 Å². The first-order valence-corrected chi connectivity index (χ1v) is 4.16. The maximum absolute atomic E-state index is 5.50. The van der Waals surface area contributed by atoms with Gasteiger partial charge in [-0.05, 0) is 0 Å². The second-order valence-electron chi connectivity index (χ2n) is 2.88. The maximum Gasteiger partial charge on any atom is 0.218 e. The lowest BCUT2D eigenvalue weighted by Crippen LogP contribution is -2.16. The number of ether oxygens (including phenoxy) is 2. The Morgan fingerprint density at radius 1 is 1.54 bits per heavy atom. The molecule has 13 heavy (non-hydrogen) atoms. The number of rotatable bonds is 2. The van der Waals surface area contributed by atoms with E-state index in [-0.39, 0.29) is 6.10 Å². The summed E-state index contributed by atoms with van der Waals surface area (Å²) in [5.74, 6) is 0.937. The Morgan fingerprint density at radius 3 is 3.15 bits per heavy atom. The number of nitrogen functional groups attached to an aromatic ring is 1. The van der Waals surface area contributed by atoms with E-state index in [0.717, 1.165) is 13.0 Å². The lowest BCUT2D eigenvalue weighted by atomic mass is 10.3. The average Bonchev–Trinajstić information content (AvgIpc) is 2.57. The lowest BCUT2D eigenvalue weighted by molar-refractivity contribution is 0.138. The molecule has 0 aliphatic carbocycles. The van der Waals surface area contributed by atoms with Gasteiger partial charge in [0, 0.05) is 12.5 Å². The van der Waals surface area contributed by atoms with Gasteiger partial charge in [-0.2, -0.15) is 0 Å². The van der Waals surface area contributed by atoms with Crippen LogP contribution in [0, 0.1) is 0 Å². The summed E-state index contributed by atoms with van der Waals surface area (Å²) in [4.78, 5) is 7.70. The molecule has 2 rings (SSSR count). The van der Waals surface area contributed by atoms with E-state index in [1.807, 2.05) is 0 Å². The number of nitrogens with zero attached hydrogens (tertiary/aromatic N) is 2. The maximum atomic E-state index is 5.50. The van der Waals surface area contributed by atoms with Crippen LogP contribution in [0.3, 0.4) is 0 Å². The van der Waals surface area contributed by atoms with Crippen molar-refractivity contribution < 1.29 is 9.47 Å². The highest BCUT2D eigenvalue weighted by molar-refractivity contribution is 5.30. The summed E-state index contributed by atoms with van der Waals surface area (Å²) >= 11 is 0. The van der Waals surface area contributed by atoms with E-state index in [9.17, 15) is 0 Å². The van der Waals surface area contributed by atoms with Crippen LogP contribution in [0.25, 0.3) is 0 Å². The molecular weight excluding hydrogens is 170 g/mol. The number of anilines is 1. The molecular formula is C8H11N3O2. The molecule has 0 radical (unpaired) electrons. The zero-order valence-corrected chi connectivity index (χ0v) is 7.14. The minimum atomic E-state index is 0.106. The Morgan fingerprint density at radius 2 is 2.46 bits per heavy atom. The molecule has 1 atom stereocenters. The fourth-order valence-electron chi connectivity index (χ4n) is 1.19. The molecule has 1 fully saturated rings. The first-order chi connectivity index (χ1) is 6.34. The molecule has 0 amide bonds. The summed E-state index contributed by atoms with van der Waals surface area (Å²) in [7, 11) is 0. The van der Waals surface area contributed by atoms with Gasteiger partial charge in [-0.1, -0.05) is 0 Å². The van der Waals surface area contributed by atoms with Gasteiger partial charge >= 0.3 is 0 Å². The highest BCUT2D eigenvalue weighted by atomic mass is 16.5. The van der Waals surface area contributed by atoms with E-state index >= 15 is 0 Å². The first kappa shape index (κ1) is 8.25. The highest BCUT2D eigenvalue weighted by Crippen LogP contribution is 2.14. The number of nitrogens with two attached hydrogens (primary N) is 1. The van der Waals surface area contributed by atoms with E-state index in [2.05, 4.69) is 9.97 Å². The van der Waals surface area contributed by atoms with Gasteiger partial charge in [-0.25, -0.2) is 9.97 Å². The van der Waals surface area contributed by atoms with Crippen molar-refractivity contribution in [2.24, 2.45) is 0 Å². The molecule has 5 nitrogen and oxygen atoms in total. The molecule has 1 aromatic heterocycles. The second-order valence-corrected chi connectivity index (χ2v) is 2.88. The summed E-state index contributed by atoms with van der Waals surface area (Å²) in [6, 6.07) is 1.61. The van der Waals surface area contributed by atoms with Gasteiger partial charge in [0.15, 0.2) is 0 Å². The minimum absolute atomic E-state index is 0.106. The molecule has 1 aliphatic rings. The second kappa shape index (κ2) is 3.57. The summed E-state index contributed by atoms with van der Waals surface area (Å²) in [5, 5.41) is 0. The molecule has 1 saturated heterocycles. The standard InChI is InChI=1S/C8H11N3O2/c9-7-3-8(11-5-10-7)13-6-1-2-12-4-6/h3,5-6H,1-2,4H2,(H2,9,10,11)/t6-/m1/s1. The number of hydrogen-bond donors (Lipinski definition) is 1. The van der Waals surface area contributed by atoms with Crippen LogP contribution in [0.5, 0.6) is 5.88 Å². The normalized spacial score (nSPS) is 21.7. The quantitative estimate of drug-likeness (QED) is 0.707. The Kier molecular flexibility index (Phi) is 2.27. The SMILES string of the molecule is Nc1cc(O[C@@H]2CCOC2)ncn1. The molecule has 2 heterocycles. The van der Waals surface area contributed by atoms with Crippen LogP contribution < -0.4 is 10.5 Å². The topological polar surface area (TPSA) is 70.3 Å². The van der Waals surface area contributed by atoms with Gasteiger partial charge < -0.3 is 15.2 Å². The zero-order chi connectivity index (χ0) is 9.10. The smallest absolute Gasteiger partial charge is 0.218 e. The fourth-order valence-corrected chi connectivity index (χ4v) is 1.19. The molecule has 0 bridgehead atoms. The van der Waals surface area contributed by atoms with Crippen molar-refractivity contribution in [2.75, 3.05) is 18.9 Å². The van der Waals surface area contributed by atoms with Gasteiger partial charge in [-0.15, -0.1) is 0 Å². The van der Waals surface area contributed by atoms with Crippen LogP contribution in [0.4, 0.5) is 5.82 Å². The largest absolute Gasteiger partial charge is 0.472 e. The van der Waals surface area contributed by atoms with Crippen molar-refractivity contribution >= 4 is 5.82 Å². The summed E-state index contributed by atoms with van der Waals surface area (Å²) < 4.78 is 10.7. The van der Waals surface area contributed by atoms with Gasteiger partial charge in [-0.3, -0.25) is 0 Å². The van der Waals surface area contributed by atoms with Crippen molar-refractivity contribution in [1.82, 2.24) is 9.97 Å². The Hall–Kier alpha value is -1.36. The van der Waals surface area contributed by atoms with E-state index in [1.54, 1.807) is 6.07 Å². The lowest BCUT2D eigenvalue weighted by Gasteiger charge is -2.09. The Labute approximate surface area is 75.9 Å². The van der Waals surface area contributed by atoms with Gasteiger partial charge in [0.25, 0.3) is 0 Å².